The molecule has 2 atom stereocenters. The smallest absolute Gasteiger partial charge is 0.269 e. The number of non-ortho nitro benzene ring substituents is 1. The SMILES string of the molecule is CC(Sc1nnc(C2COc3ccccc3O2)n1C)C(=O)Nc1ccc([N+](=O)[O-])cc1. The summed E-state index contributed by atoms with van der Waals surface area (Å²) < 4.78 is 13.5. The van der Waals surface area contributed by atoms with Crippen molar-refractivity contribution in [1.82, 2.24) is 14.8 Å². The molecule has 0 bridgehead atoms. The Bertz CT molecular complexity index is 1120. The highest BCUT2D eigenvalue weighted by Crippen LogP contribution is 2.36. The van der Waals surface area contributed by atoms with Gasteiger partial charge in [0.05, 0.1) is 10.2 Å². The summed E-state index contributed by atoms with van der Waals surface area (Å²) in [5.41, 5.74) is 0.441. The van der Waals surface area contributed by atoms with Crippen molar-refractivity contribution in [2.75, 3.05) is 11.9 Å². The molecule has 1 aliphatic rings. The van der Waals surface area contributed by atoms with Gasteiger partial charge in [-0.25, -0.2) is 0 Å². The lowest BCUT2D eigenvalue weighted by molar-refractivity contribution is -0.384. The number of carbonyl (C=O) groups is 1. The van der Waals surface area contributed by atoms with Crippen LogP contribution in [0.15, 0.2) is 53.7 Å². The minimum Gasteiger partial charge on any atom is -0.485 e. The van der Waals surface area contributed by atoms with E-state index in [9.17, 15) is 14.9 Å². The molecule has 2 heterocycles. The Kier molecular flexibility index (Phi) is 5.76. The molecule has 1 amide bonds. The molecular formula is C20H19N5O5S. The van der Waals surface area contributed by atoms with Crippen molar-refractivity contribution >= 4 is 29.0 Å². The van der Waals surface area contributed by atoms with Crippen LogP contribution in [0.5, 0.6) is 11.5 Å². The lowest BCUT2D eigenvalue weighted by Gasteiger charge is -2.25. The summed E-state index contributed by atoms with van der Waals surface area (Å²) in [6.45, 7) is 2.06. The monoisotopic (exact) mass is 441 g/mol. The van der Waals surface area contributed by atoms with Gasteiger partial charge in [-0.3, -0.25) is 14.9 Å². The van der Waals surface area contributed by atoms with Crippen LogP contribution in [0.4, 0.5) is 11.4 Å². The van der Waals surface area contributed by atoms with Crippen LogP contribution in [0.3, 0.4) is 0 Å². The number of rotatable bonds is 6. The maximum Gasteiger partial charge on any atom is 0.269 e. The van der Waals surface area contributed by atoms with Gasteiger partial charge < -0.3 is 19.4 Å². The molecule has 3 aromatic rings. The molecule has 0 radical (unpaired) electrons. The number of ether oxygens (including phenoxy) is 2. The third-order valence-electron chi connectivity index (χ3n) is 4.66. The van der Waals surface area contributed by atoms with E-state index in [4.69, 9.17) is 9.47 Å². The molecule has 0 fully saturated rings. The van der Waals surface area contributed by atoms with Gasteiger partial charge in [-0.2, -0.15) is 0 Å². The second-order valence-corrected chi connectivity index (χ2v) is 8.13. The number of amides is 1. The van der Waals surface area contributed by atoms with Crippen LogP contribution in [0.25, 0.3) is 0 Å². The summed E-state index contributed by atoms with van der Waals surface area (Å²) in [5, 5.41) is 22.0. The summed E-state index contributed by atoms with van der Waals surface area (Å²) in [4.78, 5) is 22.8. The van der Waals surface area contributed by atoms with E-state index in [1.165, 1.54) is 36.0 Å². The molecule has 0 spiro atoms. The van der Waals surface area contributed by atoms with Crippen LogP contribution in [0, 0.1) is 10.1 Å². The number of nitro benzene ring substituents is 1. The summed E-state index contributed by atoms with van der Waals surface area (Å²) in [7, 11) is 1.81. The van der Waals surface area contributed by atoms with Crippen molar-refractivity contribution in [3.05, 3.63) is 64.5 Å². The van der Waals surface area contributed by atoms with Crippen LogP contribution in [-0.4, -0.2) is 37.5 Å². The van der Waals surface area contributed by atoms with Crippen molar-refractivity contribution < 1.29 is 19.2 Å². The number of carbonyl (C=O) groups excluding carboxylic acids is 1. The standard InChI is InChI=1S/C20H19N5O5S/c1-12(19(26)21-13-7-9-14(10-8-13)25(27)28)31-20-23-22-18(24(20)2)17-11-29-15-5-3-4-6-16(15)30-17/h3-10,12,17H,11H2,1-2H3,(H,21,26). The van der Waals surface area contributed by atoms with Gasteiger partial charge in [0.1, 0.15) is 6.61 Å². The molecular weight excluding hydrogens is 422 g/mol. The zero-order valence-corrected chi connectivity index (χ0v) is 17.5. The molecule has 0 saturated carbocycles. The molecule has 1 aliphatic heterocycles. The first-order chi connectivity index (χ1) is 14.9. The van der Waals surface area contributed by atoms with Crippen molar-refractivity contribution in [2.45, 2.75) is 23.4 Å². The Hall–Kier alpha value is -3.60. The van der Waals surface area contributed by atoms with Gasteiger partial charge in [-0.1, -0.05) is 23.9 Å². The maximum atomic E-state index is 12.5. The van der Waals surface area contributed by atoms with Gasteiger partial charge in [-0.05, 0) is 31.2 Å². The van der Waals surface area contributed by atoms with E-state index in [0.29, 0.717) is 34.8 Å². The highest BCUT2D eigenvalue weighted by atomic mass is 32.2. The molecule has 1 N–H and O–H groups in total. The van der Waals surface area contributed by atoms with Crippen LogP contribution in [0.1, 0.15) is 18.9 Å². The average molecular weight is 441 g/mol. The Labute approximate surface area is 181 Å². The molecule has 4 rings (SSSR count). The Morgan fingerprint density at radius 3 is 2.65 bits per heavy atom. The lowest BCUT2D eigenvalue weighted by atomic mass is 10.2. The topological polar surface area (TPSA) is 121 Å². The third kappa shape index (κ3) is 4.45. The highest BCUT2D eigenvalue weighted by molar-refractivity contribution is 8.00. The first kappa shape index (κ1) is 20.7. The van der Waals surface area contributed by atoms with Crippen LogP contribution >= 0.6 is 11.8 Å². The van der Waals surface area contributed by atoms with Crippen molar-refractivity contribution in [3.8, 4) is 11.5 Å². The molecule has 31 heavy (non-hydrogen) atoms. The quantitative estimate of drug-likeness (QED) is 0.351. The fourth-order valence-corrected chi connectivity index (χ4v) is 3.80. The van der Waals surface area contributed by atoms with Gasteiger partial charge in [0.15, 0.2) is 28.6 Å². The number of thioether (sulfide) groups is 1. The number of para-hydroxylation sites is 2. The van der Waals surface area contributed by atoms with E-state index in [2.05, 4.69) is 15.5 Å². The molecule has 2 unspecified atom stereocenters. The van der Waals surface area contributed by atoms with E-state index in [1.54, 1.807) is 11.5 Å². The number of benzene rings is 2. The fourth-order valence-electron chi connectivity index (χ4n) is 2.98. The van der Waals surface area contributed by atoms with Gasteiger partial charge in [-0.15, -0.1) is 10.2 Å². The maximum absolute atomic E-state index is 12.5. The van der Waals surface area contributed by atoms with Gasteiger partial charge in [0.2, 0.25) is 5.91 Å². The van der Waals surface area contributed by atoms with Gasteiger partial charge in [0, 0.05) is 24.9 Å². The van der Waals surface area contributed by atoms with Gasteiger partial charge in [0.25, 0.3) is 5.69 Å². The third-order valence-corrected chi connectivity index (χ3v) is 5.80. The number of hydrogen-bond donors (Lipinski definition) is 1. The van der Waals surface area contributed by atoms with E-state index in [1.807, 2.05) is 31.3 Å². The second kappa shape index (κ2) is 8.64. The number of fused-ring (bicyclic) bond motifs is 1. The first-order valence-corrected chi connectivity index (χ1v) is 10.3. The van der Waals surface area contributed by atoms with Crippen molar-refractivity contribution in [2.24, 2.45) is 7.05 Å². The molecule has 11 heteroatoms. The molecule has 0 aliphatic carbocycles. The summed E-state index contributed by atoms with van der Waals surface area (Å²) in [5.74, 6) is 1.67. The Morgan fingerprint density at radius 1 is 1.23 bits per heavy atom. The number of anilines is 1. The van der Waals surface area contributed by atoms with Gasteiger partial charge >= 0.3 is 0 Å². The van der Waals surface area contributed by atoms with Crippen molar-refractivity contribution in [1.29, 1.82) is 0 Å². The summed E-state index contributed by atoms with van der Waals surface area (Å²) in [6.07, 6.45) is -0.411. The largest absolute Gasteiger partial charge is 0.485 e. The lowest BCUT2D eigenvalue weighted by Crippen LogP contribution is -2.25. The fraction of sp³-hybridized carbons (Fsp3) is 0.250. The van der Waals surface area contributed by atoms with E-state index < -0.39 is 16.3 Å². The molecule has 2 aromatic carbocycles. The van der Waals surface area contributed by atoms with E-state index >= 15 is 0 Å². The average Bonchev–Trinajstić information content (AvgIpc) is 3.13. The van der Waals surface area contributed by atoms with Crippen LogP contribution < -0.4 is 14.8 Å². The predicted molar refractivity (Wildman–Crippen MR) is 113 cm³/mol. The minimum atomic E-state index is -0.491. The zero-order valence-electron chi connectivity index (χ0n) is 16.7. The molecule has 0 saturated heterocycles. The number of nitrogens with zero attached hydrogens (tertiary/aromatic N) is 4. The normalized spacial score (nSPS) is 15.9. The number of hydrogen-bond acceptors (Lipinski definition) is 8. The molecule has 160 valence electrons. The Balaban J connectivity index is 1.40. The number of aromatic nitrogens is 3. The summed E-state index contributed by atoms with van der Waals surface area (Å²) >= 11 is 1.25. The molecule has 1 aromatic heterocycles. The van der Waals surface area contributed by atoms with Crippen LogP contribution in [0.2, 0.25) is 0 Å². The molecule has 10 nitrogen and oxygen atoms in total. The summed E-state index contributed by atoms with van der Waals surface area (Å²) in [6, 6.07) is 13.1. The van der Waals surface area contributed by atoms with E-state index in [-0.39, 0.29) is 11.6 Å². The second-order valence-electron chi connectivity index (χ2n) is 6.82. The minimum absolute atomic E-state index is 0.0384. The number of nitrogens with one attached hydrogen (secondary N) is 1. The number of nitro groups is 1. The van der Waals surface area contributed by atoms with E-state index in [0.717, 1.165) is 0 Å². The van der Waals surface area contributed by atoms with Crippen molar-refractivity contribution in [3.63, 3.8) is 0 Å². The first-order valence-electron chi connectivity index (χ1n) is 9.42. The zero-order chi connectivity index (χ0) is 22.0. The highest BCUT2D eigenvalue weighted by Gasteiger charge is 2.28. The predicted octanol–water partition coefficient (Wildman–Crippen LogP) is 3.36. The Morgan fingerprint density at radius 2 is 1.94 bits per heavy atom. The van der Waals surface area contributed by atoms with Crippen LogP contribution in [-0.2, 0) is 11.8 Å².